The Morgan fingerprint density at radius 3 is 2.70 bits per heavy atom. The first-order valence-electron chi connectivity index (χ1n) is 7.33. The lowest BCUT2D eigenvalue weighted by atomic mass is 9.85. The molecule has 2 aromatic rings. The maximum absolute atomic E-state index is 3.84. The summed E-state index contributed by atoms with van der Waals surface area (Å²) in [5.41, 5.74) is 3.15. The average Bonchev–Trinajstić information content (AvgIpc) is 2.77. The quantitative estimate of drug-likeness (QED) is 0.784. The lowest BCUT2D eigenvalue weighted by Gasteiger charge is -2.38. The fraction of sp³-hybridized carbons (Fsp3) is 0.412. The minimum atomic E-state index is 0.309. The van der Waals surface area contributed by atoms with Crippen molar-refractivity contribution < 1.29 is 0 Å². The van der Waals surface area contributed by atoms with Crippen LogP contribution in [-0.4, -0.2) is 30.6 Å². The van der Waals surface area contributed by atoms with E-state index in [1.807, 2.05) is 0 Å². The third-order valence-electron chi connectivity index (χ3n) is 4.90. The second-order valence-corrected chi connectivity index (χ2v) is 7.30. The molecule has 2 aliphatic rings. The van der Waals surface area contributed by atoms with E-state index in [2.05, 4.69) is 63.5 Å². The molecule has 2 heterocycles. The topological polar surface area (TPSA) is 15.3 Å². The van der Waals surface area contributed by atoms with E-state index in [-0.39, 0.29) is 0 Å². The number of hydrogen-bond acceptors (Lipinski definition) is 2. The highest BCUT2D eigenvalue weighted by molar-refractivity contribution is 9.10. The summed E-state index contributed by atoms with van der Waals surface area (Å²) < 4.78 is 1.16. The molecule has 0 unspecified atom stereocenters. The first-order valence-corrected chi connectivity index (χ1v) is 8.12. The Morgan fingerprint density at radius 2 is 1.90 bits per heavy atom. The summed E-state index contributed by atoms with van der Waals surface area (Å²) in [5.74, 6) is 0. The van der Waals surface area contributed by atoms with Gasteiger partial charge in [-0.1, -0.05) is 22.0 Å². The van der Waals surface area contributed by atoms with Gasteiger partial charge in [-0.15, -0.1) is 0 Å². The first kappa shape index (κ1) is 12.7. The number of anilines is 1. The number of halogens is 1. The van der Waals surface area contributed by atoms with Gasteiger partial charge in [0, 0.05) is 28.8 Å². The van der Waals surface area contributed by atoms with Crippen molar-refractivity contribution in [3.63, 3.8) is 0 Å². The van der Waals surface area contributed by atoms with Gasteiger partial charge in [-0.3, -0.25) is 0 Å². The molecule has 1 fully saturated rings. The first-order chi connectivity index (χ1) is 9.63. The molecule has 2 aliphatic heterocycles. The zero-order valence-electron chi connectivity index (χ0n) is 11.7. The number of nitrogens with one attached hydrogen (secondary N) is 1. The standard InChI is InChI=1S/C17H19BrN2/c1-20-6-4-17(5-7-20)11-14-8-13-9-15(18)3-2-12(13)10-16(14)19-17/h2-3,8-10,19H,4-7,11H2,1H3. The fourth-order valence-electron chi connectivity index (χ4n) is 3.62. The molecule has 0 aliphatic carbocycles. The van der Waals surface area contributed by atoms with Crippen LogP contribution < -0.4 is 5.32 Å². The maximum Gasteiger partial charge on any atom is 0.0439 e. The van der Waals surface area contributed by atoms with Crippen LogP contribution in [0.25, 0.3) is 10.8 Å². The van der Waals surface area contributed by atoms with Crippen LogP contribution in [-0.2, 0) is 6.42 Å². The van der Waals surface area contributed by atoms with Crippen molar-refractivity contribution in [2.24, 2.45) is 0 Å². The lowest BCUT2D eigenvalue weighted by Crippen LogP contribution is -2.47. The molecule has 2 aromatic carbocycles. The molecule has 4 rings (SSSR count). The maximum atomic E-state index is 3.84. The van der Waals surface area contributed by atoms with Gasteiger partial charge >= 0.3 is 0 Å². The Balaban J connectivity index is 1.72. The van der Waals surface area contributed by atoms with E-state index >= 15 is 0 Å². The van der Waals surface area contributed by atoms with Gasteiger partial charge in [0.25, 0.3) is 0 Å². The number of piperidine rings is 1. The Bertz CT molecular complexity index is 672. The molecule has 20 heavy (non-hydrogen) atoms. The summed E-state index contributed by atoms with van der Waals surface area (Å²) in [5, 5.41) is 6.50. The van der Waals surface area contributed by atoms with E-state index < -0.39 is 0 Å². The molecular weight excluding hydrogens is 312 g/mol. The smallest absolute Gasteiger partial charge is 0.0439 e. The number of hydrogen-bond donors (Lipinski definition) is 1. The van der Waals surface area contributed by atoms with Crippen LogP contribution >= 0.6 is 15.9 Å². The third kappa shape index (κ3) is 2.04. The average molecular weight is 331 g/mol. The van der Waals surface area contributed by atoms with Crippen molar-refractivity contribution in [2.45, 2.75) is 24.8 Å². The van der Waals surface area contributed by atoms with Crippen molar-refractivity contribution >= 4 is 32.4 Å². The molecule has 0 amide bonds. The molecule has 0 bridgehead atoms. The van der Waals surface area contributed by atoms with E-state index in [1.165, 1.54) is 54.4 Å². The fourth-order valence-corrected chi connectivity index (χ4v) is 4.00. The van der Waals surface area contributed by atoms with E-state index in [4.69, 9.17) is 0 Å². The highest BCUT2D eigenvalue weighted by atomic mass is 79.9. The summed E-state index contributed by atoms with van der Waals surface area (Å²) in [6.45, 7) is 2.40. The normalized spacial score (nSPS) is 21.1. The summed E-state index contributed by atoms with van der Waals surface area (Å²) >= 11 is 3.57. The van der Waals surface area contributed by atoms with Gasteiger partial charge in [0.2, 0.25) is 0 Å². The summed E-state index contributed by atoms with van der Waals surface area (Å²) in [7, 11) is 2.22. The highest BCUT2D eigenvalue weighted by Gasteiger charge is 2.38. The molecule has 1 spiro atoms. The molecular formula is C17H19BrN2. The Kier molecular flexibility index (Phi) is 2.83. The van der Waals surface area contributed by atoms with E-state index in [9.17, 15) is 0 Å². The van der Waals surface area contributed by atoms with Gasteiger partial charge < -0.3 is 10.2 Å². The Morgan fingerprint density at radius 1 is 1.10 bits per heavy atom. The van der Waals surface area contributed by atoms with Crippen LogP contribution in [0.3, 0.4) is 0 Å². The van der Waals surface area contributed by atoms with Crippen molar-refractivity contribution in [3.05, 3.63) is 40.4 Å². The molecule has 0 radical (unpaired) electrons. The van der Waals surface area contributed by atoms with Crippen molar-refractivity contribution in [1.82, 2.24) is 4.90 Å². The van der Waals surface area contributed by atoms with E-state index in [1.54, 1.807) is 0 Å². The van der Waals surface area contributed by atoms with Crippen molar-refractivity contribution in [3.8, 4) is 0 Å². The van der Waals surface area contributed by atoms with E-state index in [0.717, 1.165) is 4.47 Å². The van der Waals surface area contributed by atoms with Crippen LogP contribution in [0.1, 0.15) is 18.4 Å². The van der Waals surface area contributed by atoms with Gasteiger partial charge in [-0.2, -0.15) is 0 Å². The zero-order chi connectivity index (χ0) is 13.7. The molecule has 3 heteroatoms. The number of fused-ring (bicyclic) bond motifs is 2. The summed E-state index contributed by atoms with van der Waals surface area (Å²) in [4.78, 5) is 2.43. The van der Waals surface area contributed by atoms with E-state index in [0.29, 0.717) is 5.54 Å². The largest absolute Gasteiger partial charge is 0.379 e. The van der Waals surface area contributed by atoms with Crippen LogP contribution in [0.15, 0.2) is 34.8 Å². The van der Waals surface area contributed by atoms with Gasteiger partial charge in [0.1, 0.15) is 0 Å². The van der Waals surface area contributed by atoms with Gasteiger partial charge in [0.15, 0.2) is 0 Å². The number of likely N-dealkylation sites (tertiary alicyclic amines) is 1. The summed E-state index contributed by atoms with van der Waals surface area (Å²) in [6.07, 6.45) is 3.68. The minimum absolute atomic E-state index is 0.309. The van der Waals surface area contributed by atoms with Gasteiger partial charge in [0.05, 0.1) is 0 Å². The number of nitrogens with zero attached hydrogens (tertiary/aromatic N) is 1. The predicted molar refractivity (Wildman–Crippen MR) is 88.4 cm³/mol. The third-order valence-corrected chi connectivity index (χ3v) is 5.39. The second-order valence-electron chi connectivity index (χ2n) is 6.39. The lowest BCUT2D eigenvalue weighted by molar-refractivity contribution is 0.209. The molecule has 0 saturated carbocycles. The Labute approximate surface area is 128 Å². The summed E-state index contributed by atoms with van der Waals surface area (Å²) in [6, 6.07) is 11.2. The number of rotatable bonds is 0. The SMILES string of the molecule is CN1CCC2(CC1)Cc1cc3cc(Br)ccc3cc1N2. The molecule has 1 N–H and O–H groups in total. The molecule has 0 aromatic heterocycles. The second kappa shape index (κ2) is 4.47. The minimum Gasteiger partial charge on any atom is -0.379 e. The molecule has 0 atom stereocenters. The van der Waals surface area contributed by atoms with Gasteiger partial charge in [-0.05, 0) is 66.9 Å². The highest BCUT2D eigenvalue weighted by Crippen LogP contribution is 2.40. The number of benzene rings is 2. The van der Waals surface area contributed by atoms with Crippen molar-refractivity contribution in [2.75, 3.05) is 25.5 Å². The van der Waals surface area contributed by atoms with Crippen molar-refractivity contribution in [1.29, 1.82) is 0 Å². The molecule has 1 saturated heterocycles. The van der Waals surface area contributed by atoms with Gasteiger partial charge in [-0.25, -0.2) is 0 Å². The monoisotopic (exact) mass is 330 g/mol. The molecule has 104 valence electrons. The van der Waals surface area contributed by atoms with Crippen LogP contribution in [0.4, 0.5) is 5.69 Å². The zero-order valence-corrected chi connectivity index (χ0v) is 13.3. The Hall–Kier alpha value is -1.06. The van der Waals surface area contributed by atoms with Crippen LogP contribution in [0, 0.1) is 0 Å². The van der Waals surface area contributed by atoms with Crippen LogP contribution in [0.5, 0.6) is 0 Å². The molecule has 2 nitrogen and oxygen atoms in total. The predicted octanol–water partition coefficient (Wildman–Crippen LogP) is 4.03. The van der Waals surface area contributed by atoms with Crippen LogP contribution in [0.2, 0.25) is 0 Å².